The van der Waals surface area contributed by atoms with Gasteiger partial charge in [0.2, 0.25) is 0 Å². The topological polar surface area (TPSA) is 32.3 Å². The molecule has 104 valence electrons. The monoisotopic (exact) mass is 277 g/mol. The molecule has 2 fully saturated rings. The van der Waals surface area contributed by atoms with Crippen LogP contribution in [-0.2, 0) is 6.54 Å². The van der Waals surface area contributed by atoms with E-state index in [1.165, 1.54) is 36.1 Å². The van der Waals surface area contributed by atoms with Crippen LogP contribution in [0.25, 0.3) is 0 Å². The van der Waals surface area contributed by atoms with Crippen LogP contribution in [0, 0.1) is 0 Å². The van der Waals surface area contributed by atoms with Crippen LogP contribution in [0.5, 0.6) is 0 Å². The lowest BCUT2D eigenvalue weighted by molar-refractivity contribution is 0.0732. The van der Waals surface area contributed by atoms with Crippen molar-refractivity contribution in [2.24, 2.45) is 0 Å². The Balaban J connectivity index is 1.53. The third-order valence-corrected chi connectivity index (χ3v) is 5.38. The summed E-state index contributed by atoms with van der Waals surface area (Å²) in [5, 5.41) is 13.9. The highest BCUT2D eigenvalue weighted by Gasteiger charge is 2.30. The fraction of sp³-hybridized carbons (Fsp3) is 0.625. The molecule has 3 heteroatoms. The van der Waals surface area contributed by atoms with Crippen molar-refractivity contribution < 1.29 is 5.11 Å². The van der Waals surface area contributed by atoms with Gasteiger partial charge in [-0.15, -0.1) is 11.8 Å². The molecule has 0 bridgehead atoms. The van der Waals surface area contributed by atoms with Gasteiger partial charge in [-0.3, -0.25) is 0 Å². The molecule has 0 amide bonds. The number of hydrogen-bond donors (Lipinski definition) is 2. The highest BCUT2D eigenvalue weighted by atomic mass is 32.2. The van der Waals surface area contributed by atoms with Crippen LogP contribution in [0.15, 0.2) is 29.2 Å². The van der Waals surface area contributed by atoms with Crippen molar-refractivity contribution in [3.8, 4) is 0 Å². The fourth-order valence-corrected chi connectivity index (χ4v) is 3.82. The average molecular weight is 277 g/mol. The maximum atomic E-state index is 10.4. The van der Waals surface area contributed by atoms with Crippen molar-refractivity contribution in [2.75, 3.05) is 5.75 Å². The first-order chi connectivity index (χ1) is 9.23. The first-order valence-corrected chi connectivity index (χ1v) is 8.40. The summed E-state index contributed by atoms with van der Waals surface area (Å²) in [6.45, 7) is 0.976. The molecular formula is C16H23NOS. The minimum Gasteiger partial charge on any atom is -0.389 e. The highest BCUT2D eigenvalue weighted by Crippen LogP contribution is 2.34. The van der Waals surface area contributed by atoms with Crippen LogP contribution in [-0.4, -0.2) is 22.5 Å². The van der Waals surface area contributed by atoms with E-state index in [4.69, 9.17) is 0 Å². The zero-order valence-corrected chi connectivity index (χ0v) is 12.2. The van der Waals surface area contributed by atoms with E-state index in [9.17, 15) is 5.11 Å². The summed E-state index contributed by atoms with van der Waals surface area (Å²) in [6, 6.07) is 9.49. The van der Waals surface area contributed by atoms with E-state index in [2.05, 4.69) is 29.6 Å². The number of benzene rings is 1. The molecule has 3 rings (SSSR count). The molecular weight excluding hydrogens is 254 g/mol. The zero-order valence-electron chi connectivity index (χ0n) is 11.4. The van der Waals surface area contributed by atoms with Gasteiger partial charge in [0, 0.05) is 23.2 Å². The first-order valence-electron chi connectivity index (χ1n) is 7.41. The van der Waals surface area contributed by atoms with E-state index in [-0.39, 0.29) is 0 Å². The zero-order chi connectivity index (χ0) is 13.1. The van der Waals surface area contributed by atoms with Crippen LogP contribution in [0.1, 0.15) is 44.1 Å². The van der Waals surface area contributed by atoms with E-state index in [0.717, 1.165) is 31.2 Å². The van der Waals surface area contributed by atoms with E-state index >= 15 is 0 Å². The van der Waals surface area contributed by atoms with Gasteiger partial charge in [0.25, 0.3) is 0 Å². The van der Waals surface area contributed by atoms with E-state index < -0.39 is 5.60 Å². The van der Waals surface area contributed by atoms with Gasteiger partial charge in [-0.25, -0.2) is 0 Å². The lowest BCUT2D eigenvalue weighted by Gasteiger charge is -2.21. The maximum Gasteiger partial charge on any atom is 0.0741 e. The van der Waals surface area contributed by atoms with E-state index in [1.54, 1.807) is 11.8 Å². The Labute approximate surface area is 120 Å². The Morgan fingerprint density at radius 1 is 1.26 bits per heavy atom. The molecule has 0 atom stereocenters. The molecule has 2 N–H and O–H groups in total. The molecule has 0 saturated heterocycles. The minimum atomic E-state index is -0.410. The Kier molecular flexibility index (Phi) is 4.15. The smallest absolute Gasteiger partial charge is 0.0741 e. The third-order valence-electron chi connectivity index (χ3n) is 4.11. The van der Waals surface area contributed by atoms with Gasteiger partial charge in [0.05, 0.1) is 5.60 Å². The summed E-state index contributed by atoms with van der Waals surface area (Å²) in [5.74, 6) is 0.840. The molecule has 2 nitrogen and oxygen atoms in total. The van der Waals surface area contributed by atoms with E-state index in [1.807, 2.05) is 0 Å². The average Bonchev–Trinajstić information content (AvgIpc) is 3.16. The molecule has 0 aliphatic heterocycles. The Morgan fingerprint density at radius 2 is 2.05 bits per heavy atom. The largest absolute Gasteiger partial charge is 0.389 e. The first kappa shape index (κ1) is 13.5. The number of thioether (sulfide) groups is 1. The molecule has 0 radical (unpaired) electrons. The standard InChI is InChI=1S/C16H23NOS/c18-16(8-1-2-9-16)12-19-15-5-3-4-13(10-15)11-17-14-6-7-14/h3-5,10,14,17-18H,1-2,6-9,11-12H2. The summed E-state index contributed by atoms with van der Waals surface area (Å²) in [7, 11) is 0. The summed E-state index contributed by atoms with van der Waals surface area (Å²) in [4.78, 5) is 1.29. The molecule has 1 aromatic carbocycles. The Hall–Kier alpha value is -0.510. The second-order valence-electron chi connectivity index (χ2n) is 6.02. The van der Waals surface area contributed by atoms with Crippen LogP contribution < -0.4 is 5.32 Å². The lowest BCUT2D eigenvalue weighted by atomic mass is 10.1. The van der Waals surface area contributed by atoms with Crippen LogP contribution in [0.4, 0.5) is 0 Å². The number of aliphatic hydroxyl groups is 1. The van der Waals surface area contributed by atoms with Crippen molar-refractivity contribution in [1.82, 2.24) is 5.32 Å². The second kappa shape index (κ2) is 5.86. The Bertz CT molecular complexity index is 425. The van der Waals surface area contributed by atoms with Crippen molar-refractivity contribution in [3.05, 3.63) is 29.8 Å². The molecule has 0 heterocycles. The normalized spacial score (nSPS) is 21.7. The van der Waals surface area contributed by atoms with Crippen LogP contribution in [0.3, 0.4) is 0 Å². The van der Waals surface area contributed by atoms with Crippen molar-refractivity contribution in [2.45, 2.75) is 61.6 Å². The van der Waals surface area contributed by atoms with E-state index in [0.29, 0.717) is 0 Å². The molecule has 2 saturated carbocycles. The third kappa shape index (κ3) is 3.98. The van der Waals surface area contributed by atoms with Crippen LogP contribution in [0.2, 0.25) is 0 Å². The molecule has 2 aliphatic carbocycles. The number of nitrogens with one attached hydrogen (secondary N) is 1. The molecule has 1 aromatic rings. The quantitative estimate of drug-likeness (QED) is 0.782. The second-order valence-corrected chi connectivity index (χ2v) is 7.07. The minimum absolute atomic E-state index is 0.410. The van der Waals surface area contributed by atoms with Gasteiger partial charge in [-0.05, 0) is 43.4 Å². The van der Waals surface area contributed by atoms with Gasteiger partial charge in [0.15, 0.2) is 0 Å². The predicted molar refractivity (Wildman–Crippen MR) is 80.4 cm³/mol. The summed E-state index contributed by atoms with van der Waals surface area (Å²) in [6.07, 6.45) is 6.99. The lowest BCUT2D eigenvalue weighted by Crippen LogP contribution is -2.27. The van der Waals surface area contributed by atoms with Gasteiger partial charge in [0.1, 0.15) is 0 Å². The van der Waals surface area contributed by atoms with Gasteiger partial charge in [-0.1, -0.05) is 25.0 Å². The van der Waals surface area contributed by atoms with Gasteiger partial charge < -0.3 is 10.4 Å². The van der Waals surface area contributed by atoms with Crippen molar-refractivity contribution >= 4 is 11.8 Å². The summed E-state index contributed by atoms with van der Waals surface area (Å²) < 4.78 is 0. The molecule has 0 spiro atoms. The van der Waals surface area contributed by atoms with Crippen molar-refractivity contribution in [3.63, 3.8) is 0 Å². The maximum absolute atomic E-state index is 10.4. The number of rotatable bonds is 6. The fourth-order valence-electron chi connectivity index (χ4n) is 2.69. The summed E-state index contributed by atoms with van der Waals surface area (Å²) in [5.41, 5.74) is 0.947. The highest BCUT2D eigenvalue weighted by molar-refractivity contribution is 7.99. The Morgan fingerprint density at radius 3 is 2.79 bits per heavy atom. The van der Waals surface area contributed by atoms with Crippen LogP contribution >= 0.6 is 11.8 Å². The van der Waals surface area contributed by atoms with Crippen molar-refractivity contribution in [1.29, 1.82) is 0 Å². The predicted octanol–water partition coefficient (Wildman–Crippen LogP) is 3.34. The SMILES string of the molecule is OC1(CSc2cccc(CNC3CC3)c2)CCCC1. The molecule has 2 aliphatic rings. The summed E-state index contributed by atoms with van der Waals surface area (Å²) >= 11 is 1.80. The number of hydrogen-bond acceptors (Lipinski definition) is 3. The van der Waals surface area contributed by atoms with Gasteiger partial charge in [-0.2, -0.15) is 0 Å². The molecule has 19 heavy (non-hydrogen) atoms. The molecule has 0 aromatic heterocycles. The van der Waals surface area contributed by atoms with Gasteiger partial charge >= 0.3 is 0 Å². The molecule has 0 unspecified atom stereocenters.